The summed E-state index contributed by atoms with van der Waals surface area (Å²) < 4.78 is 31.8. The fraction of sp³-hybridized carbons (Fsp3) is 0.471. The van der Waals surface area contributed by atoms with Crippen molar-refractivity contribution in [1.82, 2.24) is 9.62 Å². The molecule has 0 radical (unpaired) electrons. The maximum absolute atomic E-state index is 12.7. The number of hydrogen-bond acceptors (Lipinski definition) is 6. The molecule has 148 valence electrons. The average molecular weight is 397 g/mol. The molecule has 0 aliphatic carbocycles. The Morgan fingerprint density at radius 1 is 1.07 bits per heavy atom. The van der Waals surface area contributed by atoms with Crippen LogP contribution in [-0.2, 0) is 19.6 Å². The van der Waals surface area contributed by atoms with Gasteiger partial charge in [-0.25, -0.2) is 18.0 Å². The molecule has 1 aromatic carbocycles. The van der Waals surface area contributed by atoms with Gasteiger partial charge >= 0.3 is 12.0 Å². The molecule has 0 spiro atoms. The number of nitrogens with two attached hydrogens (primary N) is 1. The summed E-state index contributed by atoms with van der Waals surface area (Å²) in [7, 11) is -3.61. The predicted molar refractivity (Wildman–Crippen MR) is 96.3 cm³/mol. The van der Waals surface area contributed by atoms with Gasteiger partial charge in [0.2, 0.25) is 10.0 Å². The van der Waals surface area contributed by atoms with Crippen LogP contribution in [0.15, 0.2) is 29.2 Å². The molecular formula is C17H23N3O6S. The smallest absolute Gasteiger partial charge is 0.338 e. The summed E-state index contributed by atoms with van der Waals surface area (Å²) >= 11 is 0. The van der Waals surface area contributed by atoms with Crippen LogP contribution in [0.3, 0.4) is 0 Å². The first-order valence-electron chi connectivity index (χ1n) is 8.63. The number of ether oxygens (including phenoxy) is 1. The predicted octanol–water partition coefficient (Wildman–Crippen LogP) is 0.991. The SMILES string of the molecule is CC(OC(=O)c1ccc(S(=O)(=O)N2CCCCCC2)cc1)C(=O)NC(N)=O. The van der Waals surface area contributed by atoms with Gasteiger partial charge in [0.1, 0.15) is 0 Å². The zero-order chi connectivity index (χ0) is 20.0. The second-order valence-electron chi connectivity index (χ2n) is 6.24. The lowest BCUT2D eigenvalue weighted by Gasteiger charge is -2.20. The summed E-state index contributed by atoms with van der Waals surface area (Å²) in [5.41, 5.74) is 4.92. The number of sulfonamides is 1. The van der Waals surface area contributed by atoms with Gasteiger partial charge in [-0.3, -0.25) is 10.1 Å². The number of rotatable bonds is 5. The quantitative estimate of drug-likeness (QED) is 0.711. The Hall–Kier alpha value is -2.46. The third-order valence-corrected chi connectivity index (χ3v) is 6.11. The Labute approximate surface area is 157 Å². The number of urea groups is 1. The Bertz CT molecular complexity index is 798. The van der Waals surface area contributed by atoms with E-state index in [0.29, 0.717) is 13.1 Å². The summed E-state index contributed by atoms with van der Waals surface area (Å²) in [6.07, 6.45) is 2.45. The van der Waals surface area contributed by atoms with E-state index in [0.717, 1.165) is 25.7 Å². The molecule has 2 rings (SSSR count). The molecule has 27 heavy (non-hydrogen) atoms. The number of imide groups is 1. The van der Waals surface area contributed by atoms with Gasteiger partial charge in [0.15, 0.2) is 6.10 Å². The summed E-state index contributed by atoms with van der Waals surface area (Å²) in [6.45, 7) is 2.26. The molecule has 1 aliphatic rings. The largest absolute Gasteiger partial charge is 0.449 e. The van der Waals surface area contributed by atoms with Gasteiger partial charge in [-0.2, -0.15) is 4.31 Å². The molecule has 0 aromatic heterocycles. The lowest BCUT2D eigenvalue weighted by molar-refractivity contribution is -0.127. The first-order valence-corrected chi connectivity index (χ1v) is 10.1. The summed E-state index contributed by atoms with van der Waals surface area (Å²) in [4.78, 5) is 34.4. The minimum absolute atomic E-state index is 0.0866. The van der Waals surface area contributed by atoms with Crippen molar-refractivity contribution in [2.24, 2.45) is 5.73 Å². The molecule has 1 heterocycles. The molecule has 3 amide bonds. The first kappa shape index (κ1) is 20.8. The summed E-state index contributed by atoms with van der Waals surface area (Å²) in [5.74, 6) is -1.67. The highest BCUT2D eigenvalue weighted by Gasteiger charge is 2.26. The van der Waals surface area contributed by atoms with Crippen LogP contribution in [0.5, 0.6) is 0 Å². The summed E-state index contributed by atoms with van der Waals surface area (Å²) in [5, 5.41) is 1.81. The molecule has 1 fully saturated rings. The number of hydrogen-bond donors (Lipinski definition) is 2. The number of nitrogens with one attached hydrogen (secondary N) is 1. The lowest BCUT2D eigenvalue weighted by Crippen LogP contribution is -2.42. The van der Waals surface area contributed by atoms with E-state index in [1.165, 1.54) is 35.5 Å². The molecule has 1 unspecified atom stereocenters. The van der Waals surface area contributed by atoms with Crippen molar-refractivity contribution in [3.63, 3.8) is 0 Å². The van der Waals surface area contributed by atoms with Crippen molar-refractivity contribution in [3.05, 3.63) is 29.8 Å². The normalized spacial score (nSPS) is 16.8. The van der Waals surface area contributed by atoms with E-state index < -0.39 is 34.0 Å². The Kier molecular flexibility index (Phi) is 6.92. The van der Waals surface area contributed by atoms with E-state index >= 15 is 0 Å². The number of benzene rings is 1. The number of nitrogens with zero attached hydrogens (tertiary/aromatic N) is 1. The van der Waals surface area contributed by atoms with Gasteiger partial charge < -0.3 is 10.5 Å². The molecule has 3 N–H and O–H groups in total. The second-order valence-corrected chi connectivity index (χ2v) is 8.18. The molecule has 1 atom stereocenters. The summed E-state index contributed by atoms with van der Waals surface area (Å²) in [6, 6.07) is 4.28. The highest BCUT2D eigenvalue weighted by molar-refractivity contribution is 7.89. The highest BCUT2D eigenvalue weighted by atomic mass is 32.2. The van der Waals surface area contributed by atoms with Gasteiger partial charge in [-0.15, -0.1) is 0 Å². The average Bonchev–Trinajstić information content (AvgIpc) is 2.91. The van der Waals surface area contributed by atoms with E-state index in [-0.39, 0.29) is 10.5 Å². The van der Waals surface area contributed by atoms with E-state index in [1.54, 1.807) is 0 Å². The molecule has 1 saturated heterocycles. The fourth-order valence-corrected chi connectivity index (χ4v) is 4.22. The van der Waals surface area contributed by atoms with Crippen LogP contribution >= 0.6 is 0 Å². The number of primary amides is 1. The van der Waals surface area contributed by atoms with E-state index in [4.69, 9.17) is 10.5 Å². The van der Waals surface area contributed by atoms with Crippen LogP contribution in [0.2, 0.25) is 0 Å². The Morgan fingerprint density at radius 3 is 2.15 bits per heavy atom. The van der Waals surface area contributed by atoms with Crippen LogP contribution in [0.1, 0.15) is 43.0 Å². The zero-order valence-corrected chi connectivity index (χ0v) is 15.8. The molecule has 9 nitrogen and oxygen atoms in total. The van der Waals surface area contributed by atoms with Crippen LogP contribution in [0.4, 0.5) is 4.79 Å². The molecular weight excluding hydrogens is 374 g/mol. The number of esters is 1. The maximum atomic E-state index is 12.7. The molecule has 10 heteroatoms. The fourth-order valence-electron chi connectivity index (χ4n) is 2.70. The maximum Gasteiger partial charge on any atom is 0.338 e. The van der Waals surface area contributed by atoms with Crippen molar-refractivity contribution in [3.8, 4) is 0 Å². The van der Waals surface area contributed by atoms with Gasteiger partial charge in [-0.05, 0) is 44.0 Å². The topological polar surface area (TPSA) is 136 Å². The highest BCUT2D eigenvalue weighted by Crippen LogP contribution is 2.21. The van der Waals surface area contributed by atoms with E-state index in [2.05, 4.69) is 0 Å². The van der Waals surface area contributed by atoms with Crippen molar-refractivity contribution >= 4 is 27.9 Å². The Balaban J connectivity index is 2.06. The van der Waals surface area contributed by atoms with Crippen molar-refractivity contribution < 1.29 is 27.5 Å². The molecule has 0 saturated carbocycles. The minimum Gasteiger partial charge on any atom is -0.449 e. The minimum atomic E-state index is -3.61. The van der Waals surface area contributed by atoms with Crippen LogP contribution in [0, 0.1) is 0 Å². The molecule has 0 bridgehead atoms. The van der Waals surface area contributed by atoms with Crippen molar-refractivity contribution in [2.45, 2.75) is 43.6 Å². The Morgan fingerprint density at radius 2 is 1.63 bits per heavy atom. The number of carbonyl (C=O) groups is 3. The second kappa shape index (κ2) is 8.96. The van der Waals surface area contributed by atoms with Gasteiger partial charge in [0.25, 0.3) is 5.91 Å². The molecule has 1 aromatic rings. The third-order valence-electron chi connectivity index (χ3n) is 4.19. The monoisotopic (exact) mass is 397 g/mol. The van der Waals surface area contributed by atoms with Crippen molar-refractivity contribution in [1.29, 1.82) is 0 Å². The van der Waals surface area contributed by atoms with Crippen LogP contribution in [0.25, 0.3) is 0 Å². The molecule has 1 aliphatic heterocycles. The van der Waals surface area contributed by atoms with Crippen LogP contribution < -0.4 is 11.1 Å². The lowest BCUT2D eigenvalue weighted by atomic mass is 10.2. The third kappa shape index (κ3) is 5.51. The van der Waals surface area contributed by atoms with E-state index in [9.17, 15) is 22.8 Å². The number of carbonyl (C=O) groups excluding carboxylic acids is 3. The van der Waals surface area contributed by atoms with Gasteiger partial charge in [-0.1, -0.05) is 12.8 Å². The van der Waals surface area contributed by atoms with Gasteiger partial charge in [0, 0.05) is 13.1 Å². The first-order chi connectivity index (χ1) is 12.7. The van der Waals surface area contributed by atoms with Crippen LogP contribution in [-0.4, -0.2) is 49.8 Å². The zero-order valence-electron chi connectivity index (χ0n) is 15.0. The van der Waals surface area contributed by atoms with Crippen molar-refractivity contribution in [2.75, 3.05) is 13.1 Å². The van der Waals surface area contributed by atoms with Gasteiger partial charge in [0.05, 0.1) is 10.5 Å². The standard InChI is InChI=1S/C17H23N3O6S/c1-12(15(21)19-17(18)23)26-16(22)13-6-8-14(9-7-13)27(24,25)20-10-4-2-3-5-11-20/h6-9,12H,2-5,10-11H2,1H3,(H3,18,19,21,23). The van der Waals surface area contributed by atoms with E-state index in [1.807, 2.05) is 5.32 Å². The number of amides is 3.